The van der Waals surface area contributed by atoms with Crippen LogP contribution >= 0.6 is 0 Å². The number of rotatable bonds is 7. The van der Waals surface area contributed by atoms with Crippen LogP contribution in [0.2, 0.25) is 0 Å². The largest absolute Gasteiger partial charge is 0.258 e. The quantitative estimate of drug-likeness (QED) is 0.171. The molecule has 0 radical (unpaired) electrons. The van der Waals surface area contributed by atoms with Gasteiger partial charge in [0.05, 0.1) is 11.8 Å². The van der Waals surface area contributed by atoms with E-state index in [1.807, 2.05) is 0 Å². The second-order valence-corrected chi connectivity index (χ2v) is 12.2. The summed E-state index contributed by atoms with van der Waals surface area (Å²) < 4.78 is 0. The van der Waals surface area contributed by atoms with Crippen molar-refractivity contribution in [3.63, 3.8) is 0 Å². The number of hydrogen-bond donors (Lipinski definition) is 0. The molecular weight excluding hydrogens is 581 g/mol. The van der Waals surface area contributed by atoms with E-state index in [1.165, 1.54) is 44.5 Å². The molecule has 8 rings (SSSR count). The molecule has 0 amide bonds. The maximum Gasteiger partial charge on any atom is 0.155 e. The number of amidine groups is 1. The maximum absolute atomic E-state index is 5.34. The van der Waals surface area contributed by atoms with Crippen LogP contribution in [0.3, 0.4) is 0 Å². The Bertz CT molecular complexity index is 2250. The molecule has 0 saturated carbocycles. The Balaban J connectivity index is 1.21. The van der Waals surface area contributed by atoms with Crippen molar-refractivity contribution < 1.29 is 0 Å². The van der Waals surface area contributed by atoms with Crippen molar-refractivity contribution in [3.8, 4) is 44.5 Å². The first kappa shape index (κ1) is 29.3. The molecule has 48 heavy (non-hydrogen) atoms. The topological polar surface area (TPSA) is 24.7 Å². The first-order valence-corrected chi connectivity index (χ1v) is 16.5. The van der Waals surface area contributed by atoms with E-state index in [4.69, 9.17) is 9.98 Å². The monoisotopic (exact) mass is 614 g/mol. The second-order valence-electron chi connectivity index (χ2n) is 12.2. The smallest absolute Gasteiger partial charge is 0.155 e. The summed E-state index contributed by atoms with van der Waals surface area (Å²) in [5, 5.41) is 0. The molecular formula is C46H34N2. The highest BCUT2D eigenvalue weighted by molar-refractivity contribution is 6.14. The van der Waals surface area contributed by atoms with E-state index in [2.05, 4.69) is 188 Å². The minimum Gasteiger partial charge on any atom is -0.258 e. The third-order valence-corrected chi connectivity index (χ3v) is 9.01. The fraction of sp³-hybridized carbons (Fsp3) is 0.0435. The molecule has 1 atom stereocenters. The van der Waals surface area contributed by atoms with Gasteiger partial charge in [-0.3, -0.25) is 4.99 Å². The Morgan fingerprint density at radius 2 is 0.708 bits per heavy atom. The molecule has 1 heterocycles. The lowest BCUT2D eigenvalue weighted by Gasteiger charge is -2.22. The van der Waals surface area contributed by atoms with Gasteiger partial charge >= 0.3 is 0 Å². The molecule has 0 saturated heterocycles. The zero-order chi connectivity index (χ0) is 32.1. The third kappa shape index (κ3) is 6.29. The van der Waals surface area contributed by atoms with Crippen LogP contribution in [-0.2, 0) is 0 Å². The summed E-state index contributed by atoms with van der Waals surface area (Å²) in [6.07, 6.45) is 0.721. The van der Waals surface area contributed by atoms with E-state index >= 15 is 0 Å². The summed E-state index contributed by atoms with van der Waals surface area (Å²) in [6, 6.07) is 66.5. The van der Waals surface area contributed by atoms with Crippen molar-refractivity contribution in [2.45, 2.75) is 12.5 Å². The van der Waals surface area contributed by atoms with Crippen LogP contribution in [0.1, 0.15) is 29.2 Å². The normalized spacial score (nSPS) is 14.2. The molecule has 1 aliphatic rings. The molecule has 1 aliphatic heterocycles. The van der Waals surface area contributed by atoms with E-state index in [0.29, 0.717) is 0 Å². The average Bonchev–Trinajstić information content (AvgIpc) is 3.19. The first-order valence-electron chi connectivity index (χ1n) is 16.5. The fourth-order valence-corrected chi connectivity index (χ4v) is 6.50. The maximum atomic E-state index is 5.34. The first-order chi connectivity index (χ1) is 23.8. The molecule has 0 bridgehead atoms. The Hall–Kier alpha value is -6.12. The van der Waals surface area contributed by atoms with Gasteiger partial charge in [0, 0.05) is 12.0 Å². The molecule has 2 heteroatoms. The molecule has 0 aliphatic carbocycles. The van der Waals surface area contributed by atoms with E-state index in [0.717, 1.165) is 34.7 Å². The van der Waals surface area contributed by atoms with E-state index in [-0.39, 0.29) is 6.04 Å². The van der Waals surface area contributed by atoms with Crippen LogP contribution in [0, 0.1) is 0 Å². The predicted octanol–water partition coefficient (Wildman–Crippen LogP) is 11.7. The van der Waals surface area contributed by atoms with Crippen molar-refractivity contribution in [1.82, 2.24) is 0 Å². The standard InChI is InChI=1S/C46H34N2/c1-4-14-33(15-5-1)36-20-10-23-39(28-36)40-24-13-27-43(31-40)46-47-44(41-25-11-21-37(29-41)34-16-6-2-7-17-34)32-45(48-46)42-26-12-22-38(30-42)35-18-8-3-9-19-35/h1-31,44H,32H2. The Labute approximate surface area is 282 Å². The number of benzene rings is 7. The number of aliphatic imine (C=N–C) groups is 2. The molecule has 0 fully saturated rings. The van der Waals surface area contributed by atoms with Gasteiger partial charge in [-0.1, -0.05) is 164 Å². The van der Waals surface area contributed by atoms with Crippen LogP contribution in [0.15, 0.2) is 198 Å². The van der Waals surface area contributed by atoms with Gasteiger partial charge in [-0.15, -0.1) is 0 Å². The zero-order valence-corrected chi connectivity index (χ0v) is 26.6. The van der Waals surface area contributed by atoms with Crippen molar-refractivity contribution >= 4 is 11.5 Å². The van der Waals surface area contributed by atoms with Crippen molar-refractivity contribution in [3.05, 3.63) is 205 Å². The number of nitrogens with zero attached hydrogens (tertiary/aromatic N) is 2. The van der Waals surface area contributed by atoms with Gasteiger partial charge in [-0.25, -0.2) is 4.99 Å². The molecule has 7 aromatic carbocycles. The molecule has 228 valence electrons. The van der Waals surface area contributed by atoms with Crippen LogP contribution in [0.25, 0.3) is 44.5 Å². The van der Waals surface area contributed by atoms with Crippen molar-refractivity contribution in [1.29, 1.82) is 0 Å². The van der Waals surface area contributed by atoms with Crippen molar-refractivity contribution in [2.24, 2.45) is 9.98 Å². The molecule has 1 unspecified atom stereocenters. The van der Waals surface area contributed by atoms with Gasteiger partial charge in [0.25, 0.3) is 0 Å². The molecule has 7 aromatic rings. The van der Waals surface area contributed by atoms with Gasteiger partial charge in [0.2, 0.25) is 0 Å². The lowest BCUT2D eigenvalue weighted by Crippen LogP contribution is -2.17. The lowest BCUT2D eigenvalue weighted by atomic mass is 9.92. The number of hydrogen-bond acceptors (Lipinski definition) is 2. The summed E-state index contributed by atoms with van der Waals surface area (Å²) >= 11 is 0. The van der Waals surface area contributed by atoms with Crippen LogP contribution < -0.4 is 0 Å². The Morgan fingerprint density at radius 3 is 1.25 bits per heavy atom. The van der Waals surface area contributed by atoms with E-state index < -0.39 is 0 Å². The summed E-state index contributed by atoms with van der Waals surface area (Å²) in [5.74, 6) is 0.762. The second kappa shape index (κ2) is 13.3. The van der Waals surface area contributed by atoms with E-state index in [1.54, 1.807) is 0 Å². The van der Waals surface area contributed by atoms with E-state index in [9.17, 15) is 0 Å². The van der Waals surface area contributed by atoms with Crippen molar-refractivity contribution in [2.75, 3.05) is 0 Å². The Kier molecular flexibility index (Phi) is 8.13. The summed E-state index contributed by atoms with van der Waals surface area (Å²) in [5.41, 5.74) is 13.9. The van der Waals surface area contributed by atoms with Crippen LogP contribution in [-0.4, -0.2) is 11.5 Å². The highest BCUT2D eigenvalue weighted by Gasteiger charge is 2.23. The summed E-state index contributed by atoms with van der Waals surface area (Å²) in [6.45, 7) is 0. The van der Waals surface area contributed by atoms with Gasteiger partial charge in [0.15, 0.2) is 5.84 Å². The molecule has 2 nitrogen and oxygen atoms in total. The molecule has 0 aromatic heterocycles. The summed E-state index contributed by atoms with van der Waals surface area (Å²) in [7, 11) is 0. The molecule has 0 N–H and O–H groups in total. The zero-order valence-electron chi connectivity index (χ0n) is 26.6. The average molecular weight is 615 g/mol. The highest BCUT2D eigenvalue weighted by atomic mass is 15.0. The SMILES string of the molecule is c1ccc(-c2cccc(C3=NC(c4cccc(-c5cccc(-c6ccccc6)c5)c4)=NC(c4cccc(-c5ccccc5)c4)C3)c2)cc1. The predicted molar refractivity (Wildman–Crippen MR) is 202 cm³/mol. The van der Waals surface area contributed by atoms with Gasteiger partial charge in [0.1, 0.15) is 0 Å². The molecule has 0 spiro atoms. The lowest BCUT2D eigenvalue weighted by molar-refractivity contribution is 0.754. The van der Waals surface area contributed by atoms with Gasteiger partial charge in [-0.2, -0.15) is 0 Å². The summed E-state index contributed by atoms with van der Waals surface area (Å²) in [4.78, 5) is 10.6. The minimum atomic E-state index is -0.0680. The van der Waals surface area contributed by atoms with Gasteiger partial charge < -0.3 is 0 Å². The van der Waals surface area contributed by atoms with Crippen LogP contribution in [0.4, 0.5) is 0 Å². The third-order valence-electron chi connectivity index (χ3n) is 9.01. The van der Waals surface area contributed by atoms with Crippen LogP contribution in [0.5, 0.6) is 0 Å². The fourth-order valence-electron chi connectivity index (χ4n) is 6.50. The van der Waals surface area contributed by atoms with Gasteiger partial charge in [-0.05, 0) is 79.9 Å². The Morgan fingerprint density at radius 1 is 0.333 bits per heavy atom. The highest BCUT2D eigenvalue weighted by Crippen LogP contribution is 2.34. The minimum absolute atomic E-state index is 0.0680.